The number of nitrogens with two attached hydrogens (primary N) is 1. The molecule has 0 atom stereocenters. The molecule has 1 aliphatic heterocycles. The fourth-order valence-electron chi connectivity index (χ4n) is 2.25. The second-order valence-corrected chi connectivity index (χ2v) is 5.76. The minimum absolute atomic E-state index is 0. The van der Waals surface area contributed by atoms with Crippen molar-refractivity contribution in [2.75, 3.05) is 33.3 Å². The van der Waals surface area contributed by atoms with Crippen LogP contribution in [0.15, 0.2) is 0 Å². The maximum absolute atomic E-state index is 11.0. The van der Waals surface area contributed by atoms with Crippen molar-refractivity contribution in [1.29, 1.82) is 0 Å². The molecule has 0 aromatic heterocycles. The standard InChI is InChI=1S/C13H27N3O2.ClH/c1-13(2,14)10-16-7-4-11(5-8-16)18-9-6-12(17)15-3;/h11H,4-10,14H2,1-3H3,(H,15,17);1H. The first-order valence-corrected chi connectivity index (χ1v) is 6.74. The number of carbonyl (C=O) groups excluding carboxylic acids is 1. The van der Waals surface area contributed by atoms with Gasteiger partial charge in [0.2, 0.25) is 5.91 Å². The molecule has 1 amide bonds. The highest BCUT2D eigenvalue weighted by Crippen LogP contribution is 2.15. The maximum atomic E-state index is 11.0. The lowest BCUT2D eigenvalue weighted by molar-refractivity contribution is -0.122. The van der Waals surface area contributed by atoms with Gasteiger partial charge in [-0.1, -0.05) is 0 Å². The molecule has 0 aromatic rings. The number of amides is 1. The van der Waals surface area contributed by atoms with Crippen LogP contribution >= 0.6 is 12.4 Å². The molecule has 0 aliphatic carbocycles. The molecule has 6 heteroatoms. The van der Waals surface area contributed by atoms with Gasteiger partial charge in [0.05, 0.1) is 12.7 Å². The molecule has 0 radical (unpaired) electrons. The zero-order chi connectivity index (χ0) is 13.6. The van der Waals surface area contributed by atoms with Crippen LogP contribution in [-0.2, 0) is 9.53 Å². The van der Waals surface area contributed by atoms with Crippen LogP contribution in [0.5, 0.6) is 0 Å². The number of halogens is 1. The van der Waals surface area contributed by atoms with Crippen molar-refractivity contribution in [1.82, 2.24) is 10.2 Å². The summed E-state index contributed by atoms with van der Waals surface area (Å²) in [5.74, 6) is 0.0392. The van der Waals surface area contributed by atoms with Crippen molar-refractivity contribution < 1.29 is 9.53 Å². The summed E-state index contributed by atoms with van der Waals surface area (Å²) >= 11 is 0. The summed E-state index contributed by atoms with van der Waals surface area (Å²) in [6.07, 6.45) is 2.81. The topological polar surface area (TPSA) is 67.6 Å². The molecule has 0 aromatic carbocycles. The molecule has 0 unspecified atom stereocenters. The first-order chi connectivity index (χ1) is 8.40. The monoisotopic (exact) mass is 293 g/mol. The number of rotatable bonds is 6. The summed E-state index contributed by atoms with van der Waals surface area (Å²) in [6, 6.07) is 0. The Kier molecular flexibility index (Phi) is 8.57. The van der Waals surface area contributed by atoms with E-state index in [1.54, 1.807) is 7.05 Å². The first kappa shape index (κ1) is 18.6. The number of carbonyl (C=O) groups is 1. The minimum atomic E-state index is -0.132. The van der Waals surface area contributed by atoms with Crippen molar-refractivity contribution in [3.05, 3.63) is 0 Å². The van der Waals surface area contributed by atoms with Crippen molar-refractivity contribution in [3.8, 4) is 0 Å². The van der Waals surface area contributed by atoms with Crippen LogP contribution in [0.1, 0.15) is 33.1 Å². The van der Waals surface area contributed by atoms with Gasteiger partial charge in [0.1, 0.15) is 0 Å². The summed E-state index contributed by atoms with van der Waals surface area (Å²) < 4.78 is 5.72. The van der Waals surface area contributed by atoms with E-state index in [2.05, 4.69) is 24.1 Å². The van der Waals surface area contributed by atoms with E-state index in [4.69, 9.17) is 10.5 Å². The summed E-state index contributed by atoms with van der Waals surface area (Å²) in [5, 5.41) is 2.59. The molecule has 3 N–H and O–H groups in total. The summed E-state index contributed by atoms with van der Waals surface area (Å²) in [4.78, 5) is 13.4. The van der Waals surface area contributed by atoms with Crippen LogP contribution in [0.2, 0.25) is 0 Å². The van der Waals surface area contributed by atoms with Gasteiger partial charge < -0.3 is 20.7 Å². The predicted molar refractivity (Wildman–Crippen MR) is 79.6 cm³/mol. The normalized spacial score (nSPS) is 17.9. The van der Waals surface area contributed by atoms with Crippen LogP contribution < -0.4 is 11.1 Å². The summed E-state index contributed by atoms with van der Waals surface area (Å²) in [5.41, 5.74) is 5.88. The molecule has 1 fully saturated rings. The van der Waals surface area contributed by atoms with Crippen LogP contribution in [0.3, 0.4) is 0 Å². The third kappa shape index (κ3) is 8.42. The Morgan fingerprint density at radius 3 is 2.47 bits per heavy atom. The first-order valence-electron chi connectivity index (χ1n) is 6.74. The Morgan fingerprint density at radius 2 is 2.00 bits per heavy atom. The molecule has 0 saturated carbocycles. The minimum Gasteiger partial charge on any atom is -0.378 e. The van der Waals surface area contributed by atoms with Gasteiger partial charge in [0.25, 0.3) is 0 Å². The number of ether oxygens (including phenoxy) is 1. The second-order valence-electron chi connectivity index (χ2n) is 5.76. The van der Waals surface area contributed by atoms with Crippen molar-refractivity contribution in [2.45, 2.75) is 44.8 Å². The molecule has 1 heterocycles. The highest BCUT2D eigenvalue weighted by molar-refractivity contribution is 5.85. The summed E-state index contributed by atoms with van der Waals surface area (Å²) in [7, 11) is 1.65. The van der Waals surface area contributed by atoms with Gasteiger partial charge in [-0.05, 0) is 26.7 Å². The number of nitrogens with zero attached hydrogens (tertiary/aromatic N) is 1. The Bertz CT molecular complexity index is 261. The Hall–Kier alpha value is -0.360. The van der Waals surface area contributed by atoms with Crippen LogP contribution in [0.25, 0.3) is 0 Å². The van der Waals surface area contributed by atoms with Gasteiger partial charge in [-0.15, -0.1) is 12.4 Å². The van der Waals surface area contributed by atoms with Gasteiger partial charge >= 0.3 is 0 Å². The van der Waals surface area contributed by atoms with Crippen molar-refractivity contribution >= 4 is 18.3 Å². The molecule has 0 spiro atoms. The van der Waals surface area contributed by atoms with E-state index in [9.17, 15) is 4.79 Å². The van der Waals surface area contributed by atoms with Crippen molar-refractivity contribution in [2.24, 2.45) is 5.73 Å². The highest BCUT2D eigenvalue weighted by atomic mass is 35.5. The van der Waals surface area contributed by atoms with Gasteiger partial charge in [-0.2, -0.15) is 0 Å². The predicted octanol–water partition coefficient (Wildman–Crippen LogP) is 0.763. The van der Waals surface area contributed by atoms with Crippen LogP contribution in [-0.4, -0.2) is 55.7 Å². The maximum Gasteiger partial charge on any atom is 0.222 e. The van der Waals surface area contributed by atoms with E-state index in [-0.39, 0.29) is 23.9 Å². The number of nitrogens with one attached hydrogen (secondary N) is 1. The smallest absolute Gasteiger partial charge is 0.222 e. The van der Waals surface area contributed by atoms with Gasteiger partial charge in [-0.25, -0.2) is 0 Å². The van der Waals surface area contributed by atoms with E-state index in [1.165, 1.54) is 0 Å². The van der Waals surface area contributed by atoms with E-state index >= 15 is 0 Å². The Labute approximate surface area is 122 Å². The van der Waals surface area contributed by atoms with Gasteiger partial charge in [0, 0.05) is 38.6 Å². The fraction of sp³-hybridized carbons (Fsp3) is 0.923. The van der Waals surface area contributed by atoms with Crippen LogP contribution in [0, 0.1) is 0 Å². The summed E-state index contributed by atoms with van der Waals surface area (Å²) in [6.45, 7) is 7.62. The van der Waals surface area contributed by atoms with Crippen LogP contribution in [0.4, 0.5) is 0 Å². The fourth-order valence-corrected chi connectivity index (χ4v) is 2.25. The number of hydrogen-bond acceptors (Lipinski definition) is 4. The SMILES string of the molecule is CNC(=O)CCOC1CCN(CC(C)(C)N)CC1.Cl. The molecule has 19 heavy (non-hydrogen) atoms. The van der Waals surface area contributed by atoms with Crippen molar-refractivity contribution in [3.63, 3.8) is 0 Å². The second kappa shape index (κ2) is 8.74. The average Bonchev–Trinajstić information content (AvgIpc) is 2.29. The third-order valence-electron chi connectivity index (χ3n) is 3.13. The third-order valence-corrected chi connectivity index (χ3v) is 3.13. The lowest BCUT2D eigenvalue weighted by Gasteiger charge is -2.35. The molecule has 1 aliphatic rings. The Balaban J connectivity index is 0.00000324. The molecule has 5 nitrogen and oxygen atoms in total. The average molecular weight is 294 g/mol. The van der Waals surface area contributed by atoms with E-state index in [0.717, 1.165) is 32.5 Å². The molecule has 1 rings (SSSR count). The van der Waals surface area contributed by atoms with E-state index in [1.807, 2.05) is 0 Å². The molecule has 0 bridgehead atoms. The lowest BCUT2D eigenvalue weighted by Crippen LogP contribution is -2.48. The zero-order valence-electron chi connectivity index (χ0n) is 12.3. The molecule has 114 valence electrons. The van der Waals surface area contributed by atoms with E-state index in [0.29, 0.717) is 19.1 Å². The highest BCUT2D eigenvalue weighted by Gasteiger charge is 2.23. The van der Waals surface area contributed by atoms with E-state index < -0.39 is 0 Å². The number of hydrogen-bond donors (Lipinski definition) is 2. The van der Waals surface area contributed by atoms with Gasteiger partial charge in [0.15, 0.2) is 0 Å². The number of likely N-dealkylation sites (tertiary alicyclic amines) is 1. The molecule has 1 saturated heterocycles. The molecular formula is C13H28ClN3O2. The van der Waals surface area contributed by atoms with Gasteiger partial charge in [-0.3, -0.25) is 4.79 Å². The Morgan fingerprint density at radius 1 is 1.42 bits per heavy atom. The largest absolute Gasteiger partial charge is 0.378 e. The molecular weight excluding hydrogens is 266 g/mol. The lowest BCUT2D eigenvalue weighted by atomic mass is 10.0. The quantitative estimate of drug-likeness (QED) is 0.759. The zero-order valence-corrected chi connectivity index (χ0v) is 13.1. The number of piperidine rings is 1.